The first-order chi connectivity index (χ1) is 15.7. The minimum absolute atomic E-state index is 0.0237. The van der Waals surface area contributed by atoms with E-state index in [1.54, 1.807) is 0 Å². The molecule has 8 nitrogen and oxygen atoms in total. The highest BCUT2D eigenvalue weighted by Crippen LogP contribution is 2.51. The van der Waals surface area contributed by atoms with E-state index in [1.165, 1.54) is 6.20 Å². The van der Waals surface area contributed by atoms with Gasteiger partial charge in [-0.25, -0.2) is 9.18 Å². The Morgan fingerprint density at radius 1 is 1.09 bits per heavy atom. The first-order valence-corrected chi connectivity index (χ1v) is 15.8. The Bertz CT molecular complexity index is 1030. The van der Waals surface area contributed by atoms with Crippen LogP contribution >= 0.6 is 0 Å². The summed E-state index contributed by atoms with van der Waals surface area (Å²) < 4.78 is 44.2. The van der Waals surface area contributed by atoms with Gasteiger partial charge in [0, 0.05) is 12.3 Å². The molecule has 3 heterocycles. The Morgan fingerprint density at radius 3 is 2.12 bits per heavy atom. The van der Waals surface area contributed by atoms with Crippen LogP contribution in [-0.4, -0.2) is 51.2 Å². The maximum Gasteiger partial charge on any atom is 0.335 e. The highest BCUT2D eigenvalue weighted by molar-refractivity contribution is 6.84. The van der Waals surface area contributed by atoms with Crippen LogP contribution < -0.4 is 11.2 Å². The minimum Gasteiger partial charge on any atom is -0.414 e. The van der Waals surface area contributed by atoms with Crippen LogP contribution in [0.5, 0.6) is 0 Å². The summed E-state index contributed by atoms with van der Waals surface area (Å²) in [6.45, 7) is 16.5. The van der Waals surface area contributed by atoms with Crippen molar-refractivity contribution in [1.82, 2.24) is 9.55 Å². The SMILES string of the molecule is C#CC1(F)[C@H]2O[Si](C(C)C)(C(C)C)O[Si](C(C)C)(C(C)C)OC[C@H]2O[C@H]1n1ccc(=O)[nH]c1=O. The van der Waals surface area contributed by atoms with E-state index in [0.29, 0.717) is 0 Å². The molecule has 34 heavy (non-hydrogen) atoms. The lowest BCUT2D eigenvalue weighted by Gasteiger charge is -2.51. The number of nitrogens with one attached hydrogen (secondary N) is 1. The number of hydrogen-bond acceptors (Lipinski definition) is 6. The van der Waals surface area contributed by atoms with Crippen LogP contribution in [0.15, 0.2) is 21.9 Å². The Morgan fingerprint density at radius 2 is 1.65 bits per heavy atom. The van der Waals surface area contributed by atoms with Crippen molar-refractivity contribution in [2.24, 2.45) is 0 Å². The maximum absolute atomic E-state index is 16.7. The number of hydrogen-bond donors (Lipinski definition) is 1. The van der Waals surface area contributed by atoms with Crippen molar-refractivity contribution in [2.45, 2.75) is 102 Å². The second-order valence-corrected chi connectivity index (χ2v) is 19.3. The summed E-state index contributed by atoms with van der Waals surface area (Å²) in [4.78, 5) is 26.2. The van der Waals surface area contributed by atoms with Gasteiger partial charge in [-0.1, -0.05) is 61.3 Å². The molecule has 2 fully saturated rings. The molecular weight excluding hydrogens is 475 g/mol. The van der Waals surface area contributed by atoms with Gasteiger partial charge in [0.1, 0.15) is 12.2 Å². The van der Waals surface area contributed by atoms with E-state index in [0.717, 1.165) is 10.6 Å². The number of ether oxygens (including phenoxy) is 1. The molecule has 2 aliphatic heterocycles. The third-order valence-corrected chi connectivity index (χ3v) is 17.3. The standard InChI is InChI=1S/C23H37FN2O6Si2/c1-10-23(24)20-18(30-21(23)26-12-11-19(27)25-22(26)28)13-29-33(14(2)3,15(4)5)32-34(31-20,16(6)7)17(8)9/h1,11-12,14-18,20-21H,13H2,2-9H3,(H,25,27,28)/t18-,20+,21-,23?/m1/s1. The second-order valence-electron chi connectivity index (χ2n) is 10.5. The number of fused-ring (bicyclic) bond motifs is 1. The van der Waals surface area contributed by atoms with E-state index in [2.05, 4.69) is 38.6 Å². The van der Waals surface area contributed by atoms with Gasteiger partial charge in [-0.2, -0.15) is 0 Å². The molecule has 1 aromatic heterocycles. The number of nitrogens with zero attached hydrogens (tertiary/aromatic N) is 1. The zero-order valence-corrected chi connectivity index (χ0v) is 23.3. The van der Waals surface area contributed by atoms with Gasteiger partial charge in [-0.05, 0) is 22.2 Å². The Hall–Kier alpha value is -1.56. The van der Waals surface area contributed by atoms with Crippen LogP contribution in [0.1, 0.15) is 61.6 Å². The topological polar surface area (TPSA) is 91.8 Å². The normalized spacial score (nSPS) is 30.9. The average Bonchev–Trinajstić information content (AvgIpc) is 2.98. The maximum atomic E-state index is 16.7. The van der Waals surface area contributed by atoms with E-state index in [9.17, 15) is 9.59 Å². The molecule has 2 saturated heterocycles. The Balaban J connectivity index is 2.19. The predicted molar refractivity (Wildman–Crippen MR) is 132 cm³/mol. The number of H-pyrrole nitrogens is 1. The zero-order valence-electron chi connectivity index (χ0n) is 21.3. The van der Waals surface area contributed by atoms with Crippen LogP contribution in [0.4, 0.5) is 4.39 Å². The van der Waals surface area contributed by atoms with E-state index in [1.807, 2.05) is 27.7 Å². The molecule has 0 radical (unpaired) electrons. The van der Waals surface area contributed by atoms with Crippen molar-refractivity contribution in [3.05, 3.63) is 33.1 Å². The summed E-state index contributed by atoms with van der Waals surface area (Å²) in [7, 11) is -6.00. The molecule has 1 unspecified atom stereocenters. The number of terminal acetylenes is 1. The molecule has 2 aliphatic rings. The molecular formula is C23H37FN2O6Si2. The van der Waals surface area contributed by atoms with Gasteiger partial charge < -0.3 is 17.7 Å². The summed E-state index contributed by atoms with van der Waals surface area (Å²) in [5.74, 6) is 2.21. The molecule has 0 saturated carbocycles. The summed E-state index contributed by atoms with van der Waals surface area (Å²) in [6, 6.07) is 1.12. The lowest BCUT2D eigenvalue weighted by atomic mass is 9.97. The van der Waals surface area contributed by atoms with Crippen LogP contribution in [0.25, 0.3) is 0 Å². The van der Waals surface area contributed by atoms with Crippen molar-refractivity contribution in [1.29, 1.82) is 0 Å². The van der Waals surface area contributed by atoms with Crippen molar-refractivity contribution < 1.29 is 22.1 Å². The number of aromatic amines is 1. The number of rotatable bonds is 5. The van der Waals surface area contributed by atoms with Gasteiger partial charge >= 0.3 is 22.8 Å². The Labute approximate surface area is 202 Å². The lowest BCUT2D eigenvalue weighted by Crippen LogP contribution is -2.66. The van der Waals surface area contributed by atoms with E-state index >= 15 is 4.39 Å². The highest BCUT2D eigenvalue weighted by atomic mass is 28.5. The van der Waals surface area contributed by atoms with E-state index in [4.69, 9.17) is 24.1 Å². The molecule has 0 spiro atoms. The van der Waals surface area contributed by atoms with Gasteiger partial charge in [0.2, 0.25) is 5.67 Å². The van der Waals surface area contributed by atoms with Crippen molar-refractivity contribution >= 4 is 17.1 Å². The van der Waals surface area contributed by atoms with Gasteiger partial charge in [0.25, 0.3) is 5.56 Å². The lowest BCUT2D eigenvalue weighted by molar-refractivity contribution is -0.0598. The number of halogens is 1. The molecule has 0 amide bonds. The van der Waals surface area contributed by atoms with E-state index in [-0.39, 0.29) is 28.8 Å². The smallest absolute Gasteiger partial charge is 0.335 e. The van der Waals surface area contributed by atoms with Crippen LogP contribution in [-0.2, 0) is 17.7 Å². The third kappa shape index (κ3) is 4.18. The quantitative estimate of drug-likeness (QED) is 0.477. The fourth-order valence-electron chi connectivity index (χ4n) is 5.19. The second kappa shape index (κ2) is 9.48. The molecule has 0 bridgehead atoms. The van der Waals surface area contributed by atoms with Gasteiger partial charge in [0.15, 0.2) is 6.23 Å². The van der Waals surface area contributed by atoms with Crippen molar-refractivity contribution in [2.75, 3.05) is 6.61 Å². The molecule has 1 N–H and O–H groups in total. The summed E-state index contributed by atoms with van der Waals surface area (Å²) in [5.41, 5.74) is -3.74. The highest BCUT2D eigenvalue weighted by Gasteiger charge is 2.66. The third-order valence-electron chi connectivity index (χ3n) is 7.06. The zero-order chi connectivity index (χ0) is 25.6. The van der Waals surface area contributed by atoms with Crippen molar-refractivity contribution in [3.63, 3.8) is 0 Å². The molecule has 0 aromatic carbocycles. The average molecular weight is 513 g/mol. The monoisotopic (exact) mass is 512 g/mol. The minimum atomic E-state index is -3.15. The molecule has 1 aromatic rings. The molecule has 11 heteroatoms. The fraction of sp³-hybridized carbons (Fsp3) is 0.739. The largest absolute Gasteiger partial charge is 0.414 e. The molecule has 0 aliphatic carbocycles. The van der Waals surface area contributed by atoms with Crippen molar-refractivity contribution in [3.8, 4) is 12.3 Å². The molecule has 3 rings (SSSR count). The molecule has 190 valence electrons. The fourth-order valence-corrected chi connectivity index (χ4v) is 16.4. The van der Waals surface area contributed by atoms with Crippen LogP contribution in [0.2, 0.25) is 22.2 Å². The Kier molecular flexibility index (Phi) is 7.54. The van der Waals surface area contributed by atoms with Gasteiger partial charge in [-0.3, -0.25) is 14.3 Å². The summed E-state index contributed by atoms with van der Waals surface area (Å²) >= 11 is 0. The summed E-state index contributed by atoms with van der Waals surface area (Å²) in [5, 5.41) is 0. The van der Waals surface area contributed by atoms with Crippen LogP contribution in [0.3, 0.4) is 0 Å². The van der Waals surface area contributed by atoms with Gasteiger partial charge in [-0.15, -0.1) is 6.42 Å². The predicted octanol–water partition coefficient (Wildman–Crippen LogP) is 3.73. The number of aromatic nitrogens is 2. The first kappa shape index (κ1) is 27.0. The molecule has 4 atom stereocenters. The number of alkyl halides is 1. The van der Waals surface area contributed by atoms with Crippen LogP contribution in [0, 0.1) is 12.3 Å². The van der Waals surface area contributed by atoms with E-state index < -0.39 is 52.5 Å². The summed E-state index contributed by atoms with van der Waals surface area (Å²) in [6.07, 6.45) is 3.37. The van der Waals surface area contributed by atoms with Gasteiger partial charge in [0.05, 0.1) is 6.61 Å². The first-order valence-electron chi connectivity index (χ1n) is 11.9.